The van der Waals surface area contributed by atoms with Gasteiger partial charge in [0, 0.05) is 6.42 Å². The summed E-state index contributed by atoms with van der Waals surface area (Å²) >= 11 is 0. The van der Waals surface area contributed by atoms with Gasteiger partial charge in [0.2, 0.25) is 5.91 Å². The summed E-state index contributed by atoms with van der Waals surface area (Å²) in [4.78, 5) is 12.4. The van der Waals surface area contributed by atoms with E-state index in [9.17, 15) is 15.0 Å². The highest BCUT2D eigenvalue weighted by atomic mass is 16.3. The summed E-state index contributed by atoms with van der Waals surface area (Å²) < 4.78 is 0. The van der Waals surface area contributed by atoms with Crippen molar-refractivity contribution in [2.24, 2.45) is 0 Å². The summed E-state index contributed by atoms with van der Waals surface area (Å²) in [5, 5.41) is 23.2. The number of hydrogen-bond acceptors (Lipinski definition) is 3. The fourth-order valence-corrected chi connectivity index (χ4v) is 7.51. The Balaban J connectivity index is 3.49. The molecule has 4 heteroatoms. The van der Waals surface area contributed by atoms with Gasteiger partial charge in [-0.05, 0) is 44.9 Å². The molecule has 0 fully saturated rings. The lowest BCUT2D eigenvalue weighted by molar-refractivity contribution is -0.123. The van der Waals surface area contributed by atoms with Crippen LogP contribution in [0.4, 0.5) is 0 Å². The number of nitrogens with one attached hydrogen (secondary N) is 1. The second-order valence-corrected chi connectivity index (χ2v) is 16.5. The Kier molecular flexibility index (Phi) is 44.3. The molecule has 0 aliphatic rings. The van der Waals surface area contributed by atoms with Crippen molar-refractivity contribution in [1.82, 2.24) is 5.32 Å². The third-order valence-electron chi connectivity index (χ3n) is 11.2. The number of amides is 1. The number of hydrogen-bond donors (Lipinski definition) is 3. The Hall–Kier alpha value is -1.13. The molecule has 0 aliphatic heterocycles. The van der Waals surface area contributed by atoms with Crippen LogP contribution in [0.25, 0.3) is 0 Å². The van der Waals surface area contributed by atoms with E-state index < -0.39 is 12.1 Å². The highest BCUT2D eigenvalue weighted by molar-refractivity contribution is 5.76. The largest absolute Gasteiger partial charge is 0.394 e. The van der Waals surface area contributed by atoms with E-state index in [1.807, 2.05) is 0 Å². The van der Waals surface area contributed by atoms with Gasteiger partial charge in [-0.3, -0.25) is 4.79 Å². The van der Waals surface area contributed by atoms with Crippen molar-refractivity contribution in [2.45, 2.75) is 276 Å². The van der Waals surface area contributed by atoms with Gasteiger partial charge in [0.05, 0.1) is 18.8 Å². The number of carbonyl (C=O) groups is 1. The van der Waals surface area contributed by atoms with E-state index in [2.05, 4.69) is 43.5 Å². The maximum atomic E-state index is 12.4. The number of aliphatic hydroxyl groups excluding tert-OH is 2. The highest BCUT2D eigenvalue weighted by Gasteiger charge is 2.20. The standard InChI is InChI=1S/C49H95NO3/c1-3-5-7-9-11-13-15-17-19-21-23-24-25-26-27-29-31-33-35-37-39-41-43-45-49(53)50-47(46-51)48(52)44-42-40-38-36-34-32-30-28-22-20-18-16-14-12-10-8-6-4-2/h15,17,21,23,47-48,51-52H,3-14,16,18-20,22,24-46H2,1-2H3,(H,50,53)/b17-15-,23-21-. The first-order valence-corrected chi connectivity index (χ1v) is 24.0. The highest BCUT2D eigenvalue weighted by Crippen LogP contribution is 2.16. The fourth-order valence-electron chi connectivity index (χ4n) is 7.51. The van der Waals surface area contributed by atoms with Crippen LogP contribution in [0.2, 0.25) is 0 Å². The van der Waals surface area contributed by atoms with Crippen LogP contribution in [-0.4, -0.2) is 34.9 Å². The molecule has 0 aromatic heterocycles. The SMILES string of the molecule is CCCCCCC/C=C\C/C=C\CCCCCCCCCCCCCC(=O)NC(CO)C(O)CCCCCCCCCCCCCCCCCCCC. The number of carbonyl (C=O) groups excluding carboxylic acids is 1. The summed E-state index contributed by atoms with van der Waals surface area (Å²) in [6.45, 7) is 4.37. The Labute approximate surface area is 332 Å². The number of unbranched alkanes of at least 4 members (excludes halogenated alkanes) is 33. The van der Waals surface area contributed by atoms with Crippen molar-refractivity contribution < 1.29 is 15.0 Å². The van der Waals surface area contributed by atoms with E-state index >= 15 is 0 Å². The Morgan fingerprint density at radius 2 is 0.774 bits per heavy atom. The fraction of sp³-hybridized carbons (Fsp3) is 0.898. The van der Waals surface area contributed by atoms with Crippen LogP contribution in [-0.2, 0) is 4.79 Å². The maximum Gasteiger partial charge on any atom is 0.220 e. The molecule has 2 unspecified atom stereocenters. The average Bonchev–Trinajstić information content (AvgIpc) is 3.16. The molecule has 0 spiro atoms. The van der Waals surface area contributed by atoms with E-state index in [0.717, 1.165) is 32.1 Å². The van der Waals surface area contributed by atoms with Crippen LogP contribution >= 0.6 is 0 Å². The molecule has 0 saturated carbocycles. The molecule has 1 amide bonds. The average molecular weight is 746 g/mol. The molecule has 314 valence electrons. The van der Waals surface area contributed by atoms with Gasteiger partial charge in [-0.2, -0.15) is 0 Å². The van der Waals surface area contributed by atoms with E-state index in [-0.39, 0.29) is 12.5 Å². The van der Waals surface area contributed by atoms with Crippen molar-refractivity contribution in [1.29, 1.82) is 0 Å². The lowest BCUT2D eigenvalue weighted by Crippen LogP contribution is -2.45. The summed E-state index contributed by atoms with van der Waals surface area (Å²) in [5.74, 6) is -0.0308. The van der Waals surface area contributed by atoms with Crippen LogP contribution in [0.1, 0.15) is 264 Å². The lowest BCUT2D eigenvalue weighted by atomic mass is 10.0. The van der Waals surface area contributed by atoms with Crippen molar-refractivity contribution >= 4 is 5.91 Å². The topological polar surface area (TPSA) is 69.6 Å². The summed E-state index contributed by atoms with van der Waals surface area (Å²) in [6.07, 6.45) is 58.4. The van der Waals surface area contributed by atoms with Gasteiger partial charge >= 0.3 is 0 Å². The van der Waals surface area contributed by atoms with E-state index in [1.165, 1.54) is 205 Å². The van der Waals surface area contributed by atoms with Crippen LogP contribution in [0.5, 0.6) is 0 Å². The molecular weight excluding hydrogens is 651 g/mol. The van der Waals surface area contributed by atoms with E-state index in [4.69, 9.17) is 0 Å². The minimum Gasteiger partial charge on any atom is -0.394 e. The zero-order chi connectivity index (χ0) is 38.6. The molecule has 4 nitrogen and oxygen atoms in total. The predicted octanol–water partition coefficient (Wildman–Crippen LogP) is 15.2. The first-order chi connectivity index (χ1) is 26.2. The van der Waals surface area contributed by atoms with Gasteiger partial charge in [-0.25, -0.2) is 0 Å². The van der Waals surface area contributed by atoms with Crippen LogP contribution in [0.15, 0.2) is 24.3 Å². The first-order valence-electron chi connectivity index (χ1n) is 24.0. The molecule has 0 aromatic rings. The third kappa shape index (κ3) is 41.9. The number of rotatable bonds is 44. The van der Waals surface area contributed by atoms with Crippen LogP contribution in [0.3, 0.4) is 0 Å². The number of aliphatic hydroxyl groups is 2. The summed E-state index contributed by atoms with van der Waals surface area (Å²) in [6, 6.07) is -0.535. The Morgan fingerprint density at radius 1 is 0.453 bits per heavy atom. The maximum absolute atomic E-state index is 12.4. The van der Waals surface area contributed by atoms with Gasteiger partial charge in [-0.15, -0.1) is 0 Å². The van der Waals surface area contributed by atoms with Crippen molar-refractivity contribution in [3.8, 4) is 0 Å². The zero-order valence-corrected chi connectivity index (χ0v) is 36.1. The van der Waals surface area contributed by atoms with Gasteiger partial charge in [-0.1, -0.05) is 237 Å². The summed E-state index contributed by atoms with van der Waals surface area (Å²) in [7, 11) is 0. The normalized spacial score (nSPS) is 13.1. The van der Waals surface area contributed by atoms with Crippen molar-refractivity contribution in [3.63, 3.8) is 0 Å². The molecule has 0 aromatic carbocycles. The van der Waals surface area contributed by atoms with Crippen LogP contribution < -0.4 is 5.32 Å². The van der Waals surface area contributed by atoms with Gasteiger partial charge in [0.1, 0.15) is 0 Å². The molecule has 0 bridgehead atoms. The van der Waals surface area contributed by atoms with Gasteiger partial charge in [0.15, 0.2) is 0 Å². The zero-order valence-electron chi connectivity index (χ0n) is 36.1. The molecule has 0 saturated heterocycles. The van der Waals surface area contributed by atoms with Crippen LogP contribution in [0, 0.1) is 0 Å². The lowest BCUT2D eigenvalue weighted by Gasteiger charge is -2.22. The monoisotopic (exact) mass is 746 g/mol. The summed E-state index contributed by atoms with van der Waals surface area (Å²) in [5.41, 5.74) is 0. The van der Waals surface area contributed by atoms with Gasteiger partial charge < -0.3 is 15.5 Å². The quantitative estimate of drug-likeness (QED) is 0.0430. The Morgan fingerprint density at radius 3 is 1.13 bits per heavy atom. The predicted molar refractivity (Wildman–Crippen MR) is 235 cm³/mol. The first kappa shape index (κ1) is 51.9. The third-order valence-corrected chi connectivity index (χ3v) is 11.2. The molecule has 0 radical (unpaired) electrons. The van der Waals surface area contributed by atoms with Crippen molar-refractivity contribution in [3.05, 3.63) is 24.3 Å². The molecular formula is C49H95NO3. The van der Waals surface area contributed by atoms with Crippen molar-refractivity contribution in [2.75, 3.05) is 6.61 Å². The molecule has 53 heavy (non-hydrogen) atoms. The Bertz CT molecular complexity index is 765. The second-order valence-electron chi connectivity index (χ2n) is 16.5. The second kappa shape index (κ2) is 45.3. The smallest absolute Gasteiger partial charge is 0.220 e. The van der Waals surface area contributed by atoms with E-state index in [0.29, 0.717) is 12.8 Å². The minimum absolute atomic E-state index is 0.0308. The molecule has 0 rings (SSSR count). The molecule has 2 atom stereocenters. The minimum atomic E-state index is -0.658. The number of allylic oxidation sites excluding steroid dienone is 4. The van der Waals surface area contributed by atoms with Gasteiger partial charge in [0.25, 0.3) is 0 Å². The molecule has 0 heterocycles. The molecule has 0 aliphatic carbocycles. The van der Waals surface area contributed by atoms with E-state index in [1.54, 1.807) is 0 Å². The molecule has 3 N–H and O–H groups in total.